The lowest BCUT2D eigenvalue weighted by atomic mass is 10.0. The van der Waals surface area contributed by atoms with E-state index in [1.165, 1.54) is 5.56 Å². The molecule has 0 saturated heterocycles. The number of amides is 1. The second-order valence-corrected chi connectivity index (χ2v) is 7.64. The number of carbonyl (C=O) groups is 1. The van der Waals surface area contributed by atoms with Gasteiger partial charge in [0.1, 0.15) is 6.61 Å². The summed E-state index contributed by atoms with van der Waals surface area (Å²) in [7, 11) is 0. The number of rotatable bonds is 9. The number of hydrogen-bond acceptors (Lipinski definition) is 5. The van der Waals surface area contributed by atoms with Crippen molar-refractivity contribution in [3.8, 4) is 17.6 Å². The molecule has 3 rings (SSSR count). The van der Waals surface area contributed by atoms with Gasteiger partial charge >= 0.3 is 0 Å². The van der Waals surface area contributed by atoms with E-state index >= 15 is 0 Å². The van der Waals surface area contributed by atoms with E-state index < -0.39 is 0 Å². The van der Waals surface area contributed by atoms with Crippen LogP contribution in [-0.2, 0) is 17.8 Å². The number of benzene rings is 3. The Hall–Kier alpha value is -4.11. The molecule has 0 unspecified atom stereocenters. The quantitative estimate of drug-likeness (QED) is 0.380. The van der Waals surface area contributed by atoms with Gasteiger partial charge in [-0.15, -0.1) is 0 Å². The van der Waals surface area contributed by atoms with Crippen molar-refractivity contribution in [2.75, 3.05) is 6.61 Å². The van der Waals surface area contributed by atoms with Crippen LogP contribution in [0.15, 0.2) is 65.8 Å². The maximum absolute atomic E-state index is 12.2. The van der Waals surface area contributed by atoms with Crippen molar-refractivity contribution in [3.63, 3.8) is 0 Å². The van der Waals surface area contributed by atoms with Crippen LogP contribution in [0.4, 0.5) is 0 Å². The summed E-state index contributed by atoms with van der Waals surface area (Å²) in [4.78, 5) is 12.2. The number of nitrogens with one attached hydrogen (secondary N) is 1. The summed E-state index contributed by atoms with van der Waals surface area (Å²) < 4.78 is 11.6. The smallest absolute Gasteiger partial charge is 0.244 e. The highest BCUT2D eigenvalue weighted by atomic mass is 16.5. The third-order valence-electron chi connectivity index (χ3n) is 4.97. The second kappa shape index (κ2) is 11.5. The lowest BCUT2D eigenvalue weighted by Gasteiger charge is -2.13. The van der Waals surface area contributed by atoms with Gasteiger partial charge in [-0.25, -0.2) is 5.43 Å². The van der Waals surface area contributed by atoms with Gasteiger partial charge in [0.25, 0.3) is 0 Å². The SMILES string of the molecule is CCOc1cc(/C=N/NC(=O)Cc2ccc(C)cc2C)ccc1OCc1cccc(C#N)c1. The largest absolute Gasteiger partial charge is 0.490 e. The molecular weight excluding hydrogens is 414 g/mol. The molecule has 0 aliphatic rings. The van der Waals surface area contributed by atoms with Gasteiger partial charge in [-0.05, 0) is 73.4 Å². The van der Waals surface area contributed by atoms with Crippen LogP contribution >= 0.6 is 0 Å². The van der Waals surface area contributed by atoms with Crippen molar-refractivity contribution in [2.45, 2.75) is 33.8 Å². The third-order valence-corrected chi connectivity index (χ3v) is 4.97. The Morgan fingerprint density at radius 2 is 1.91 bits per heavy atom. The van der Waals surface area contributed by atoms with Gasteiger partial charge in [0.15, 0.2) is 11.5 Å². The lowest BCUT2D eigenvalue weighted by Crippen LogP contribution is -2.20. The Kier molecular flexibility index (Phi) is 8.20. The van der Waals surface area contributed by atoms with Crippen molar-refractivity contribution in [1.82, 2.24) is 5.43 Å². The third kappa shape index (κ3) is 6.94. The minimum absolute atomic E-state index is 0.178. The molecule has 1 amide bonds. The van der Waals surface area contributed by atoms with Gasteiger partial charge < -0.3 is 9.47 Å². The van der Waals surface area contributed by atoms with Gasteiger partial charge in [-0.2, -0.15) is 10.4 Å². The van der Waals surface area contributed by atoms with E-state index in [9.17, 15) is 4.79 Å². The highest BCUT2D eigenvalue weighted by Crippen LogP contribution is 2.29. The highest BCUT2D eigenvalue weighted by Gasteiger charge is 2.08. The standard InChI is InChI=1S/C27H27N3O3/c1-4-32-26-14-22(9-11-25(26)33-18-23-7-5-6-21(13-23)16-28)17-29-30-27(31)15-24-10-8-19(2)12-20(24)3/h5-14,17H,4,15,18H2,1-3H3,(H,30,31)/b29-17+. The van der Waals surface area contributed by atoms with Gasteiger partial charge in [0.2, 0.25) is 5.91 Å². The molecule has 1 N–H and O–H groups in total. The molecule has 0 saturated carbocycles. The predicted molar refractivity (Wildman–Crippen MR) is 128 cm³/mol. The number of ether oxygens (including phenoxy) is 2. The molecular formula is C27H27N3O3. The van der Waals surface area contributed by atoms with E-state index in [1.807, 2.05) is 57.2 Å². The first-order valence-electron chi connectivity index (χ1n) is 10.7. The molecule has 0 aliphatic carbocycles. The van der Waals surface area contributed by atoms with Crippen LogP contribution < -0.4 is 14.9 Å². The van der Waals surface area contributed by atoms with E-state index in [4.69, 9.17) is 14.7 Å². The topological polar surface area (TPSA) is 83.7 Å². The van der Waals surface area contributed by atoms with E-state index in [1.54, 1.807) is 24.4 Å². The molecule has 0 atom stereocenters. The average Bonchev–Trinajstić information content (AvgIpc) is 2.81. The molecule has 6 nitrogen and oxygen atoms in total. The second-order valence-electron chi connectivity index (χ2n) is 7.64. The molecule has 0 aromatic heterocycles. The fraction of sp³-hybridized carbons (Fsp3) is 0.222. The predicted octanol–water partition coefficient (Wildman–Crippen LogP) is 4.85. The van der Waals surface area contributed by atoms with Crippen molar-refractivity contribution in [2.24, 2.45) is 5.10 Å². The van der Waals surface area contributed by atoms with Gasteiger partial charge in [0.05, 0.1) is 30.9 Å². The number of carbonyl (C=O) groups excluding carboxylic acids is 1. The van der Waals surface area contributed by atoms with Crippen LogP contribution in [0.1, 0.15) is 40.3 Å². The molecule has 0 heterocycles. The number of nitrogens with zero attached hydrogens (tertiary/aromatic N) is 2. The molecule has 0 radical (unpaired) electrons. The Morgan fingerprint density at radius 3 is 2.67 bits per heavy atom. The minimum Gasteiger partial charge on any atom is -0.490 e. The number of nitriles is 1. The van der Waals surface area contributed by atoms with Gasteiger partial charge in [-0.3, -0.25) is 4.79 Å². The summed E-state index contributed by atoms with van der Waals surface area (Å²) in [6.07, 6.45) is 1.84. The normalized spacial score (nSPS) is 10.6. The maximum atomic E-state index is 12.2. The Balaban J connectivity index is 1.62. The lowest BCUT2D eigenvalue weighted by molar-refractivity contribution is -0.120. The summed E-state index contributed by atoms with van der Waals surface area (Å²) in [5.74, 6) is 0.998. The van der Waals surface area contributed by atoms with Crippen LogP contribution in [0.2, 0.25) is 0 Å². The Bertz CT molecular complexity index is 1200. The first-order valence-corrected chi connectivity index (χ1v) is 10.7. The molecule has 3 aromatic rings. The van der Waals surface area contributed by atoms with Crippen molar-refractivity contribution >= 4 is 12.1 Å². The zero-order valence-electron chi connectivity index (χ0n) is 19.1. The summed E-state index contributed by atoms with van der Waals surface area (Å²) in [5.41, 5.74) is 8.07. The van der Waals surface area contributed by atoms with Crippen molar-refractivity contribution in [1.29, 1.82) is 5.26 Å². The number of hydrazone groups is 1. The number of hydrogen-bond donors (Lipinski definition) is 1. The van der Waals surface area contributed by atoms with Gasteiger partial charge in [0, 0.05) is 0 Å². The monoisotopic (exact) mass is 441 g/mol. The number of aryl methyl sites for hydroxylation is 2. The fourth-order valence-electron chi connectivity index (χ4n) is 3.32. The van der Waals surface area contributed by atoms with E-state index in [0.29, 0.717) is 30.3 Å². The Morgan fingerprint density at radius 1 is 1.06 bits per heavy atom. The summed E-state index contributed by atoms with van der Waals surface area (Å²) in [6, 6.07) is 20.9. The average molecular weight is 442 g/mol. The molecule has 0 aliphatic heterocycles. The first kappa shape index (κ1) is 23.6. The molecule has 0 bridgehead atoms. The first-order chi connectivity index (χ1) is 16.0. The van der Waals surface area contributed by atoms with E-state index in [0.717, 1.165) is 22.3 Å². The molecule has 0 spiro atoms. The van der Waals surface area contributed by atoms with Crippen LogP contribution in [0.5, 0.6) is 11.5 Å². The van der Waals surface area contributed by atoms with Crippen LogP contribution in [0.25, 0.3) is 0 Å². The maximum Gasteiger partial charge on any atom is 0.244 e. The zero-order chi connectivity index (χ0) is 23.6. The summed E-state index contributed by atoms with van der Waals surface area (Å²) >= 11 is 0. The molecule has 168 valence electrons. The summed E-state index contributed by atoms with van der Waals surface area (Å²) in [5, 5.41) is 13.1. The van der Waals surface area contributed by atoms with Crippen LogP contribution in [-0.4, -0.2) is 18.7 Å². The minimum atomic E-state index is -0.178. The molecule has 3 aromatic carbocycles. The van der Waals surface area contributed by atoms with Gasteiger partial charge in [-0.1, -0.05) is 35.9 Å². The molecule has 6 heteroatoms. The fourth-order valence-corrected chi connectivity index (χ4v) is 3.32. The molecule has 0 fully saturated rings. The zero-order valence-corrected chi connectivity index (χ0v) is 19.1. The van der Waals surface area contributed by atoms with Crippen LogP contribution in [0.3, 0.4) is 0 Å². The molecule has 33 heavy (non-hydrogen) atoms. The van der Waals surface area contributed by atoms with Crippen molar-refractivity contribution in [3.05, 3.63) is 94.0 Å². The highest BCUT2D eigenvalue weighted by molar-refractivity contribution is 5.84. The summed E-state index contributed by atoms with van der Waals surface area (Å²) in [6.45, 7) is 6.72. The van der Waals surface area contributed by atoms with E-state index in [-0.39, 0.29) is 12.3 Å². The van der Waals surface area contributed by atoms with Crippen molar-refractivity contribution < 1.29 is 14.3 Å². The Labute approximate surface area is 194 Å². The van der Waals surface area contributed by atoms with E-state index in [2.05, 4.69) is 22.7 Å². The van der Waals surface area contributed by atoms with Crippen LogP contribution in [0, 0.1) is 25.2 Å².